The number of ether oxygens (including phenoxy) is 2. The quantitative estimate of drug-likeness (QED) is 0.670. The standard InChI is InChI=1S/C11H21NO3/c1-2-3-10(6-12)11(13)15-8-9-4-5-14-7-9/h9-10H,2-8,12H2,1H3. The molecule has 0 spiro atoms. The first kappa shape index (κ1) is 12.5. The molecule has 15 heavy (non-hydrogen) atoms. The van der Waals surface area contributed by atoms with Gasteiger partial charge in [-0.25, -0.2) is 0 Å². The van der Waals surface area contributed by atoms with Gasteiger partial charge in [-0.05, 0) is 12.8 Å². The van der Waals surface area contributed by atoms with Gasteiger partial charge >= 0.3 is 5.97 Å². The van der Waals surface area contributed by atoms with Gasteiger partial charge in [0, 0.05) is 19.1 Å². The Morgan fingerprint density at radius 1 is 1.67 bits per heavy atom. The molecular formula is C11H21NO3. The minimum absolute atomic E-state index is 0.127. The maximum atomic E-state index is 11.6. The summed E-state index contributed by atoms with van der Waals surface area (Å²) in [6.07, 6.45) is 2.77. The van der Waals surface area contributed by atoms with E-state index in [9.17, 15) is 4.79 Å². The van der Waals surface area contributed by atoms with E-state index in [0.717, 1.165) is 25.9 Å². The van der Waals surface area contributed by atoms with E-state index < -0.39 is 0 Å². The minimum Gasteiger partial charge on any atom is -0.465 e. The van der Waals surface area contributed by atoms with Crippen molar-refractivity contribution in [1.82, 2.24) is 0 Å². The first-order valence-corrected chi connectivity index (χ1v) is 5.72. The maximum absolute atomic E-state index is 11.6. The van der Waals surface area contributed by atoms with Crippen molar-refractivity contribution in [2.45, 2.75) is 26.2 Å². The summed E-state index contributed by atoms with van der Waals surface area (Å²) in [5, 5.41) is 0. The molecule has 0 saturated carbocycles. The van der Waals surface area contributed by atoms with Crippen LogP contribution >= 0.6 is 0 Å². The van der Waals surface area contributed by atoms with Crippen LogP contribution in [0.15, 0.2) is 0 Å². The number of carbonyl (C=O) groups is 1. The van der Waals surface area contributed by atoms with Crippen LogP contribution in [0.5, 0.6) is 0 Å². The molecular weight excluding hydrogens is 194 g/mol. The van der Waals surface area contributed by atoms with Crippen molar-refractivity contribution in [2.24, 2.45) is 17.6 Å². The van der Waals surface area contributed by atoms with E-state index >= 15 is 0 Å². The molecule has 1 aliphatic heterocycles. The molecule has 2 N–H and O–H groups in total. The molecule has 0 aromatic heterocycles. The van der Waals surface area contributed by atoms with E-state index in [1.54, 1.807) is 0 Å². The summed E-state index contributed by atoms with van der Waals surface area (Å²) >= 11 is 0. The lowest BCUT2D eigenvalue weighted by atomic mass is 10.0. The fraction of sp³-hybridized carbons (Fsp3) is 0.909. The molecule has 0 aromatic rings. The van der Waals surface area contributed by atoms with Gasteiger partial charge in [0.2, 0.25) is 0 Å². The highest BCUT2D eigenvalue weighted by molar-refractivity contribution is 5.72. The highest BCUT2D eigenvalue weighted by atomic mass is 16.5. The second-order valence-electron chi connectivity index (χ2n) is 4.08. The van der Waals surface area contributed by atoms with Crippen LogP contribution in [-0.4, -0.2) is 32.3 Å². The van der Waals surface area contributed by atoms with Crippen LogP contribution in [0.25, 0.3) is 0 Å². The largest absolute Gasteiger partial charge is 0.465 e. The third-order valence-corrected chi connectivity index (χ3v) is 2.74. The van der Waals surface area contributed by atoms with E-state index in [1.807, 2.05) is 6.92 Å². The predicted molar refractivity (Wildman–Crippen MR) is 57.3 cm³/mol. The Balaban J connectivity index is 2.20. The molecule has 1 fully saturated rings. The van der Waals surface area contributed by atoms with Crippen LogP contribution in [-0.2, 0) is 14.3 Å². The van der Waals surface area contributed by atoms with E-state index in [4.69, 9.17) is 15.2 Å². The van der Waals surface area contributed by atoms with Gasteiger partial charge in [0.15, 0.2) is 0 Å². The summed E-state index contributed by atoms with van der Waals surface area (Å²) in [4.78, 5) is 11.6. The van der Waals surface area contributed by atoms with Crippen molar-refractivity contribution in [1.29, 1.82) is 0 Å². The predicted octanol–water partition coefficient (Wildman–Crippen LogP) is 0.941. The van der Waals surface area contributed by atoms with Crippen molar-refractivity contribution >= 4 is 5.97 Å². The second kappa shape index (κ2) is 6.80. The van der Waals surface area contributed by atoms with Crippen LogP contribution in [0.3, 0.4) is 0 Å². The first-order valence-electron chi connectivity index (χ1n) is 5.72. The lowest BCUT2D eigenvalue weighted by Crippen LogP contribution is -2.27. The van der Waals surface area contributed by atoms with Gasteiger partial charge in [-0.1, -0.05) is 13.3 Å². The number of hydrogen-bond acceptors (Lipinski definition) is 4. The Labute approximate surface area is 91.1 Å². The third kappa shape index (κ3) is 4.18. The molecule has 0 bridgehead atoms. The molecule has 88 valence electrons. The number of nitrogens with two attached hydrogens (primary N) is 1. The number of rotatable bonds is 6. The summed E-state index contributed by atoms with van der Waals surface area (Å²) in [5.41, 5.74) is 5.52. The van der Waals surface area contributed by atoms with Gasteiger partial charge in [-0.3, -0.25) is 4.79 Å². The fourth-order valence-corrected chi connectivity index (χ4v) is 1.71. The van der Waals surface area contributed by atoms with Gasteiger partial charge in [-0.2, -0.15) is 0 Å². The normalized spacial score (nSPS) is 22.7. The highest BCUT2D eigenvalue weighted by Crippen LogP contribution is 2.14. The maximum Gasteiger partial charge on any atom is 0.310 e. The van der Waals surface area contributed by atoms with E-state index in [-0.39, 0.29) is 11.9 Å². The zero-order valence-electron chi connectivity index (χ0n) is 9.41. The molecule has 1 aliphatic rings. The van der Waals surface area contributed by atoms with E-state index in [0.29, 0.717) is 25.7 Å². The number of hydrogen-bond donors (Lipinski definition) is 1. The van der Waals surface area contributed by atoms with Crippen molar-refractivity contribution in [3.63, 3.8) is 0 Å². The average Bonchev–Trinajstić information content (AvgIpc) is 2.75. The molecule has 2 unspecified atom stereocenters. The molecule has 0 radical (unpaired) electrons. The van der Waals surface area contributed by atoms with Gasteiger partial charge < -0.3 is 15.2 Å². The third-order valence-electron chi connectivity index (χ3n) is 2.74. The molecule has 1 rings (SSSR count). The summed E-state index contributed by atoms with van der Waals surface area (Å²) in [6, 6.07) is 0. The van der Waals surface area contributed by atoms with E-state index in [1.165, 1.54) is 0 Å². The summed E-state index contributed by atoms with van der Waals surface area (Å²) in [5.74, 6) is 0.109. The minimum atomic E-state index is -0.147. The molecule has 4 heteroatoms. The fourth-order valence-electron chi connectivity index (χ4n) is 1.71. The Bertz CT molecular complexity index is 190. The Hall–Kier alpha value is -0.610. The van der Waals surface area contributed by atoms with Crippen molar-refractivity contribution < 1.29 is 14.3 Å². The summed E-state index contributed by atoms with van der Waals surface area (Å²) in [7, 11) is 0. The van der Waals surface area contributed by atoms with Crippen molar-refractivity contribution in [3.8, 4) is 0 Å². The van der Waals surface area contributed by atoms with Gasteiger partial charge in [0.25, 0.3) is 0 Å². The number of carbonyl (C=O) groups excluding carboxylic acids is 1. The van der Waals surface area contributed by atoms with Gasteiger partial charge in [0.05, 0.1) is 19.1 Å². The molecule has 2 atom stereocenters. The zero-order valence-corrected chi connectivity index (χ0v) is 9.41. The van der Waals surface area contributed by atoms with Crippen LogP contribution in [0.1, 0.15) is 26.2 Å². The number of esters is 1. The molecule has 0 aromatic carbocycles. The van der Waals surface area contributed by atoms with Crippen LogP contribution < -0.4 is 5.73 Å². The lowest BCUT2D eigenvalue weighted by molar-refractivity contribution is -0.149. The topological polar surface area (TPSA) is 61.6 Å². The first-order chi connectivity index (χ1) is 7.27. The monoisotopic (exact) mass is 215 g/mol. The van der Waals surface area contributed by atoms with Crippen molar-refractivity contribution in [2.75, 3.05) is 26.4 Å². The lowest BCUT2D eigenvalue weighted by Gasteiger charge is -2.14. The zero-order chi connectivity index (χ0) is 11.1. The molecule has 1 saturated heterocycles. The van der Waals surface area contributed by atoms with Crippen molar-refractivity contribution in [3.05, 3.63) is 0 Å². The highest BCUT2D eigenvalue weighted by Gasteiger charge is 2.21. The smallest absolute Gasteiger partial charge is 0.310 e. The summed E-state index contributed by atoms with van der Waals surface area (Å²) < 4.78 is 10.4. The van der Waals surface area contributed by atoms with Crippen LogP contribution in [0, 0.1) is 11.8 Å². The summed E-state index contributed by atoms with van der Waals surface area (Å²) in [6.45, 7) is 4.42. The second-order valence-corrected chi connectivity index (χ2v) is 4.08. The van der Waals surface area contributed by atoms with Gasteiger partial charge in [-0.15, -0.1) is 0 Å². The van der Waals surface area contributed by atoms with Crippen LogP contribution in [0.2, 0.25) is 0 Å². The van der Waals surface area contributed by atoms with E-state index in [2.05, 4.69) is 0 Å². The molecule has 1 heterocycles. The molecule has 4 nitrogen and oxygen atoms in total. The SMILES string of the molecule is CCCC(CN)C(=O)OCC1CCOC1. The Morgan fingerprint density at radius 2 is 2.47 bits per heavy atom. The Kier molecular flexibility index (Phi) is 5.65. The molecule has 0 amide bonds. The molecule has 0 aliphatic carbocycles. The van der Waals surface area contributed by atoms with Gasteiger partial charge in [0.1, 0.15) is 0 Å². The average molecular weight is 215 g/mol. The Morgan fingerprint density at radius 3 is 3.00 bits per heavy atom. The van der Waals surface area contributed by atoms with Crippen LogP contribution in [0.4, 0.5) is 0 Å².